The Morgan fingerprint density at radius 3 is 2.24 bits per heavy atom. The van der Waals surface area contributed by atoms with Crippen molar-refractivity contribution in [3.05, 3.63) is 35.4 Å². The maximum absolute atomic E-state index is 12.4. The number of benzene rings is 1. The van der Waals surface area contributed by atoms with E-state index < -0.39 is 17.7 Å². The lowest BCUT2D eigenvalue weighted by atomic mass is 10.0. The molecule has 0 saturated carbocycles. The molecule has 0 aliphatic carbocycles. The van der Waals surface area contributed by atoms with Gasteiger partial charge < -0.3 is 15.0 Å². The zero-order valence-corrected chi connectivity index (χ0v) is 13.6. The standard InChI is InChI=1S/C16H24N2O3/c1-11-9-7-8-10-12(11)13(14(19)18(5)6)17-15(20)21-16(2,3)4/h7-10,13H,1-6H3,(H,17,20)/t13-/m0/s1. The average Bonchev–Trinajstić information content (AvgIpc) is 2.34. The van der Waals surface area contributed by atoms with Crippen LogP contribution in [0.25, 0.3) is 0 Å². The Morgan fingerprint density at radius 2 is 1.76 bits per heavy atom. The highest BCUT2D eigenvalue weighted by molar-refractivity contribution is 5.87. The molecule has 1 rings (SSSR count). The molecule has 21 heavy (non-hydrogen) atoms. The topological polar surface area (TPSA) is 58.6 Å². The molecule has 1 aromatic carbocycles. The number of nitrogens with zero attached hydrogens (tertiary/aromatic N) is 1. The maximum atomic E-state index is 12.4. The van der Waals surface area contributed by atoms with E-state index in [-0.39, 0.29) is 5.91 Å². The predicted molar refractivity (Wildman–Crippen MR) is 82.0 cm³/mol. The van der Waals surface area contributed by atoms with E-state index in [9.17, 15) is 9.59 Å². The summed E-state index contributed by atoms with van der Waals surface area (Å²) in [7, 11) is 3.31. The number of likely N-dealkylation sites (N-methyl/N-ethyl adjacent to an activating group) is 1. The molecule has 0 aliphatic heterocycles. The van der Waals surface area contributed by atoms with Gasteiger partial charge in [-0.15, -0.1) is 0 Å². The molecule has 0 bridgehead atoms. The minimum absolute atomic E-state index is 0.199. The van der Waals surface area contributed by atoms with Gasteiger partial charge in [-0.25, -0.2) is 4.79 Å². The number of hydrogen-bond donors (Lipinski definition) is 1. The van der Waals surface area contributed by atoms with Gasteiger partial charge >= 0.3 is 6.09 Å². The fraction of sp³-hybridized carbons (Fsp3) is 0.500. The van der Waals surface area contributed by atoms with Crippen molar-refractivity contribution in [2.75, 3.05) is 14.1 Å². The molecule has 1 atom stereocenters. The molecule has 0 aliphatic rings. The molecular weight excluding hydrogens is 268 g/mol. The molecule has 0 aromatic heterocycles. The maximum Gasteiger partial charge on any atom is 0.408 e. The molecule has 1 aromatic rings. The highest BCUT2D eigenvalue weighted by Gasteiger charge is 2.27. The molecule has 0 fully saturated rings. The van der Waals surface area contributed by atoms with E-state index in [1.165, 1.54) is 4.90 Å². The van der Waals surface area contributed by atoms with Gasteiger partial charge in [-0.3, -0.25) is 4.79 Å². The smallest absolute Gasteiger partial charge is 0.408 e. The van der Waals surface area contributed by atoms with Crippen molar-refractivity contribution in [1.82, 2.24) is 10.2 Å². The van der Waals surface area contributed by atoms with Gasteiger partial charge in [0, 0.05) is 14.1 Å². The van der Waals surface area contributed by atoms with Gasteiger partial charge in [0.2, 0.25) is 5.91 Å². The van der Waals surface area contributed by atoms with E-state index in [0.29, 0.717) is 0 Å². The summed E-state index contributed by atoms with van der Waals surface area (Å²) in [5.74, 6) is -0.199. The average molecular weight is 292 g/mol. The number of carbonyl (C=O) groups is 2. The van der Waals surface area contributed by atoms with Crippen molar-refractivity contribution >= 4 is 12.0 Å². The summed E-state index contributed by atoms with van der Waals surface area (Å²) in [4.78, 5) is 25.8. The SMILES string of the molecule is Cc1ccccc1[C@H](NC(=O)OC(C)(C)C)C(=O)N(C)C. The van der Waals surface area contributed by atoms with Crippen molar-refractivity contribution in [2.45, 2.75) is 39.3 Å². The summed E-state index contributed by atoms with van der Waals surface area (Å²) < 4.78 is 5.24. The van der Waals surface area contributed by atoms with Crippen LogP contribution in [0.4, 0.5) is 4.79 Å². The Kier molecular flexibility index (Phi) is 5.35. The molecular formula is C16H24N2O3. The number of ether oxygens (including phenoxy) is 1. The van der Waals surface area contributed by atoms with E-state index in [2.05, 4.69) is 5.32 Å². The minimum Gasteiger partial charge on any atom is -0.444 e. The highest BCUT2D eigenvalue weighted by Crippen LogP contribution is 2.20. The van der Waals surface area contributed by atoms with Gasteiger partial charge in [0.05, 0.1) is 0 Å². The summed E-state index contributed by atoms with van der Waals surface area (Å²) in [6.07, 6.45) is -0.606. The molecule has 0 unspecified atom stereocenters. The van der Waals surface area contributed by atoms with Crippen LogP contribution in [0.2, 0.25) is 0 Å². The third-order valence-corrected chi connectivity index (χ3v) is 2.85. The number of aryl methyl sites for hydroxylation is 1. The number of carbonyl (C=O) groups excluding carboxylic acids is 2. The molecule has 1 N–H and O–H groups in total. The second kappa shape index (κ2) is 6.61. The predicted octanol–water partition coefficient (Wildman–Crippen LogP) is 2.65. The van der Waals surface area contributed by atoms with Crippen LogP contribution in [-0.4, -0.2) is 36.6 Å². The third-order valence-electron chi connectivity index (χ3n) is 2.85. The first-order valence-electron chi connectivity index (χ1n) is 6.88. The van der Waals surface area contributed by atoms with Gasteiger partial charge in [-0.2, -0.15) is 0 Å². The van der Waals surface area contributed by atoms with Gasteiger partial charge in [0.25, 0.3) is 0 Å². The van der Waals surface area contributed by atoms with Crippen LogP contribution >= 0.6 is 0 Å². The van der Waals surface area contributed by atoms with Crippen LogP contribution in [0.15, 0.2) is 24.3 Å². The highest BCUT2D eigenvalue weighted by atomic mass is 16.6. The summed E-state index contributed by atoms with van der Waals surface area (Å²) in [5, 5.41) is 2.66. The van der Waals surface area contributed by atoms with Crippen molar-refractivity contribution in [3.63, 3.8) is 0 Å². The summed E-state index contributed by atoms with van der Waals surface area (Å²) >= 11 is 0. The van der Waals surface area contributed by atoms with Crippen molar-refractivity contribution in [1.29, 1.82) is 0 Å². The first kappa shape index (κ1) is 17.0. The molecule has 5 nitrogen and oxygen atoms in total. The van der Waals surface area contributed by atoms with Crippen molar-refractivity contribution in [2.24, 2.45) is 0 Å². The zero-order valence-electron chi connectivity index (χ0n) is 13.6. The molecule has 116 valence electrons. The number of nitrogens with one attached hydrogen (secondary N) is 1. The Hall–Kier alpha value is -2.04. The first-order valence-corrected chi connectivity index (χ1v) is 6.88. The lowest BCUT2D eigenvalue weighted by molar-refractivity contribution is -0.131. The normalized spacial score (nSPS) is 12.5. The van der Waals surface area contributed by atoms with Gasteiger partial charge in [0.15, 0.2) is 0 Å². The second-order valence-corrected chi connectivity index (χ2v) is 6.17. The number of amides is 2. The monoisotopic (exact) mass is 292 g/mol. The largest absolute Gasteiger partial charge is 0.444 e. The number of hydrogen-bond acceptors (Lipinski definition) is 3. The Labute approximate surface area is 126 Å². The molecule has 0 radical (unpaired) electrons. The van der Waals surface area contributed by atoms with E-state index in [1.54, 1.807) is 34.9 Å². The summed E-state index contributed by atoms with van der Waals surface area (Å²) in [6.45, 7) is 7.25. The first-order chi connectivity index (χ1) is 9.61. The fourth-order valence-corrected chi connectivity index (χ4v) is 1.87. The summed E-state index contributed by atoms with van der Waals surface area (Å²) in [6, 6.07) is 6.72. The van der Waals surface area contributed by atoms with E-state index >= 15 is 0 Å². The van der Waals surface area contributed by atoms with Crippen LogP contribution in [0.5, 0.6) is 0 Å². The van der Waals surface area contributed by atoms with E-state index in [1.807, 2.05) is 31.2 Å². The number of rotatable bonds is 3. The molecule has 2 amide bonds. The van der Waals surface area contributed by atoms with Crippen LogP contribution < -0.4 is 5.32 Å². The molecule has 0 saturated heterocycles. The van der Waals surface area contributed by atoms with E-state index in [4.69, 9.17) is 4.74 Å². The van der Waals surface area contributed by atoms with Crippen LogP contribution in [-0.2, 0) is 9.53 Å². The fourth-order valence-electron chi connectivity index (χ4n) is 1.87. The van der Waals surface area contributed by atoms with Crippen molar-refractivity contribution < 1.29 is 14.3 Å². The quantitative estimate of drug-likeness (QED) is 0.931. The lowest BCUT2D eigenvalue weighted by Crippen LogP contribution is -2.42. The summed E-state index contributed by atoms with van der Waals surface area (Å²) in [5.41, 5.74) is 1.09. The van der Waals surface area contributed by atoms with Gasteiger partial charge in [-0.05, 0) is 38.8 Å². The van der Waals surface area contributed by atoms with Gasteiger partial charge in [0.1, 0.15) is 11.6 Å². The zero-order chi connectivity index (χ0) is 16.2. The van der Waals surface area contributed by atoms with Crippen molar-refractivity contribution in [3.8, 4) is 0 Å². The molecule has 0 spiro atoms. The Morgan fingerprint density at radius 1 is 1.19 bits per heavy atom. The number of alkyl carbamates (subject to hydrolysis) is 1. The van der Waals surface area contributed by atoms with Crippen LogP contribution in [0.3, 0.4) is 0 Å². The Balaban J connectivity index is 3.02. The van der Waals surface area contributed by atoms with Gasteiger partial charge in [-0.1, -0.05) is 24.3 Å². The molecule has 0 heterocycles. The van der Waals surface area contributed by atoms with E-state index in [0.717, 1.165) is 11.1 Å². The third kappa shape index (κ3) is 5.10. The lowest BCUT2D eigenvalue weighted by Gasteiger charge is -2.26. The van der Waals surface area contributed by atoms with Crippen LogP contribution in [0.1, 0.15) is 37.9 Å². The minimum atomic E-state index is -0.754. The second-order valence-electron chi connectivity index (χ2n) is 6.17. The Bertz CT molecular complexity index is 518. The van der Waals surface area contributed by atoms with Crippen LogP contribution in [0, 0.1) is 6.92 Å². The molecule has 5 heteroatoms.